The molecule has 1 aromatic heterocycles. The van der Waals surface area contributed by atoms with E-state index in [1.807, 2.05) is 54.3 Å². The van der Waals surface area contributed by atoms with Gasteiger partial charge in [0.1, 0.15) is 5.82 Å². The van der Waals surface area contributed by atoms with Crippen molar-refractivity contribution < 1.29 is 14.0 Å². The molecule has 2 amide bonds. The summed E-state index contributed by atoms with van der Waals surface area (Å²) in [6, 6.07) is 19.6. The van der Waals surface area contributed by atoms with E-state index in [-0.39, 0.29) is 35.5 Å². The van der Waals surface area contributed by atoms with E-state index in [4.69, 9.17) is 17.3 Å². The van der Waals surface area contributed by atoms with Crippen molar-refractivity contribution in [3.8, 4) is 5.69 Å². The molecule has 2 atom stereocenters. The minimum Gasteiger partial charge on any atom is -0.369 e. The summed E-state index contributed by atoms with van der Waals surface area (Å²) in [5.74, 6) is -0.168. The normalized spacial score (nSPS) is 19.3. The highest BCUT2D eigenvalue weighted by Gasteiger charge is 2.39. The zero-order valence-electron chi connectivity index (χ0n) is 19.8. The second-order valence-electron chi connectivity index (χ2n) is 9.33. The van der Waals surface area contributed by atoms with Gasteiger partial charge in [0, 0.05) is 27.9 Å². The zero-order valence-corrected chi connectivity index (χ0v) is 20.5. The number of benzene rings is 3. The first kappa shape index (κ1) is 24.0. The number of hydrogen-bond acceptors (Lipinski definition) is 3. The average molecular weight is 505 g/mol. The molecule has 2 N–H and O–H groups in total. The van der Waals surface area contributed by atoms with E-state index < -0.39 is 0 Å². The standard InChI is InChI=1S/C24H19ClFN3O.C4H7NO/c1-15-12-23(20-4-2-3-5-21(20)25)28(24(15)30)19-10-11-22-16(13-19)14-27-29(22)18-8-6-17(26)7-9-18;5-4(6)3-1-2-3/h2-11,13-15,23H,12H2,1H3;3H,1-2H2,(H2,5,6)/t15-,23-;/m0./s1. The summed E-state index contributed by atoms with van der Waals surface area (Å²) < 4.78 is 15.0. The Morgan fingerprint density at radius 2 is 1.75 bits per heavy atom. The van der Waals surface area contributed by atoms with Crippen LogP contribution in [0.25, 0.3) is 16.6 Å². The lowest BCUT2D eigenvalue weighted by Gasteiger charge is -2.26. The molecule has 0 unspecified atom stereocenters. The third kappa shape index (κ3) is 4.71. The van der Waals surface area contributed by atoms with Crippen molar-refractivity contribution in [1.82, 2.24) is 9.78 Å². The quantitative estimate of drug-likeness (QED) is 0.380. The number of halogens is 2. The molecule has 8 heteroatoms. The van der Waals surface area contributed by atoms with Crippen LogP contribution in [0.5, 0.6) is 0 Å². The number of aromatic nitrogens is 2. The monoisotopic (exact) mass is 504 g/mol. The number of fused-ring (bicyclic) bond motifs is 1. The molecule has 1 aliphatic carbocycles. The number of carbonyl (C=O) groups excluding carboxylic acids is 2. The molecule has 2 fully saturated rings. The van der Waals surface area contributed by atoms with Gasteiger partial charge < -0.3 is 10.6 Å². The highest BCUT2D eigenvalue weighted by molar-refractivity contribution is 6.31. The van der Waals surface area contributed by atoms with Crippen LogP contribution in [-0.2, 0) is 9.59 Å². The van der Waals surface area contributed by atoms with Crippen LogP contribution in [0.15, 0.2) is 72.9 Å². The average Bonchev–Trinajstić information content (AvgIpc) is 3.58. The molecule has 3 aromatic carbocycles. The second kappa shape index (κ2) is 9.74. The van der Waals surface area contributed by atoms with Crippen molar-refractivity contribution in [3.63, 3.8) is 0 Å². The topological polar surface area (TPSA) is 81.2 Å². The van der Waals surface area contributed by atoms with Crippen LogP contribution in [0.3, 0.4) is 0 Å². The number of rotatable bonds is 4. The number of nitrogens with zero attached hydrogens (tertiary/aromatic N) is 3. The Hall–Kier alpha value is -3.71. The van der Waals surface area contributed by atoms with Crippen LogP contribution in [0, 0.1) is 17.7 Å². The Morgan fingerprint density at radius 1 is 1.06 bits per heavy atom. The van der Waals surface area contributed by atoms with Crippen LogP contribution in [0.1, 0.15) is 37.8 Å². The molecule has 184 valence electrons. The highest BCUT2D eigenvalue weighted by Crippen LogP contribution is 2.42. The number of primary amides is 1. The largest absolute Gasteiger partial charge is 0.369 e. The maximum Gasteiger partial charge on any atom is 0.230 e. The van der Waals surface area contributed by atoms with E-state index in [0.29, 0.717) is 5.02 Å². The zero-order chi connectivity index (χ0) is 25.4. The maximum absolute atomic E-state index is 13.3. The van der Waals surface area contributed by atoms with E-state index in [2.05, 4.69) is 5.10 Å². The fraction of sp³-hybridized carbons (Fsp3) is 0.250. The molecule has 0 bridgehead atoms. The van der Waals surface area contributed by atoms with Gasteiger partial charge in [0.15, 0.2) is 0 Å². The lowest BCUT2D eigenvalue weighted by atomic mass is 10.0. The van der Waals surface area contributed by atoms with Crippen molar-refractivity contribution in [3.05, 3.63) is 89.3 Å². The fourth-order valence-corrected chi connectivity index (χ4v) is 4.84. The fourth-order valence-electron chi connectivity index (χ4n) is 4.58. The first-order chi connectivity index (χ1) is 17.3. The Kier molecular flexibility index (Phi) is 6.49. The molecule has 2 heterocycles. The first-order valence-corrected chi connectivity index (χ1v) is 12.3. The van der Waals surface area contributed by atoms with Gasteiger partial charge in [0.25, 0.3) is 0 Å². The maximum atomic E-state index is 13.3. The summed E-state index contributed by atoms with van der Waals surface area (Å²) in [6.45, 7) is 1.96. The van der Waals surface area contributed by atoms with Crippen LogP contribution in [-0.4, -0.2) is 21.6 Å². The number of carbonyl (C=O) groups is 2. The van der Waals surface area contributed by atoms with Gasteiger partial charge in [0.05, 0.1) is 23.4 Å². The lowest BCUT2D eigenvalue weighted by molar-refractivity contribution is -0.120. The Bertz CT molecular complexity index is 1430. The predicted molar refractivity (Wildman–Crippen MR) is 138 cm³/mol. The van der Waals surface area contributed by atoms with Gasteiger partial charge in [-0.2, -0.15) is 5.10 Å². The summed E-state index contributed by atoms with van der Waals surface area (Å²) in [5, 5.41) is 6.03. The predicted octanol–water partition coefficient (Wildman–Crippen LogP) is 5.81. The van der Waals surface area contributed by atoms with Crippen LogP contribution >= 0.6 is 11.6 Å². The van der Waals surface area contributed by atoms with E-state index in [0.717, 1.165) is 47.1 Å². The lowest BCUT2D eigenvalue weighted by Crippen LogP contribution is -2.28. The number of amides is 2. The summed E-state index contributed by atoms with van der Waals surface area (Å²) in [6.07, 6.45) is 4.52. The van der Waals surface area contributed by atoms with E-state index >= 15 is 0 Å². The van der Waals surface area contributed by atoms with Crippen molar-refractivity contribution in [2.75, 3.05) is 4.90 Å². The van der Waals surface area contributed by atoms with Crippen molar-refractivity contribution >= 4 is 40.0 Å². The molecule has 1 saturated carbocycles. The summed E-state index contributed by atoms with van der Waals surface area (Å²) in [7, 11) is 0. The van der Waals surface area contributed by atoms with Gasteiger partial charge in [-0.1, -0.05) is 36.7 Å². The molecule has 0 radical (unpaired) electrons. The molecule has 1 saturated heterocycles. The smallest absolute Gasteiger partial charge is 0.230 e. The van der Waals surface area contributed by atoms with Gasteiger partial charge >= 0.3 is 0 Å². The third-order valence-corrected chi connectivity index (χ3v) is 7.04. The number of anilines is 1. The second-order valence-corrected chi connectivity index (χ2v) is 9.74. The summed E-state index contributed by atoms with van der Waals surface area (Å²) in [5.41, 5.74) is 8.30. The molecule has 6 rings (SSSR count). The molecule has 2 aliphatic rings. The van der Waals surface area contributed by atoms with Crippen molar-refractivity contribution in [1.29, 1.82) is 0 Å². The molecular weight excluding hydrogens is 479 g/mol. The Balaban J connectivity index is 0.000000391. The van der Waals surface area contributed by atoms with Gasteiger partial charge in [0.2, 0.25) is 11.8 Å². The Labute approximate surface area is 213 Å². The number of hydrogen-bond donors (Lipinski definition) is 1. The van der Waals surface area contributed by atoms with Gasteiger partial charge in [-0.3, -0.25) is 9.59 Å². The highest BCUT2D eigenvalue weighted by atomic mass is 35.5. The molecule has 6 nitrogen and oxygen atoms in total. The van der Waals surface area contributed by atoms with Crippen LogP contribution < -0.4 is 10.6 Å². The van der Waals surface area contributed by atoms with E-state index in [1.165, 1.54) is 12.1 Å². The molecule has 4 aromatic rings. The molecule has 1 aliphatic heterocycles. The molecule has 0 spiro atoms. The van der Waals surface area contributed by atoms with Gasteiger partial charge in [-0.25, -0.2) is 9.07 Å². The summed E-state index contributed by atoms with van der Waals surface area (Å²) in [4.78, 5) is 24.9. The SMILES string of the molecule is C[C@H]1C[C@@H](c2ccccc2Cl)N(c2ccc3c(cnn3-c3ccc(F)cc3)c2)C1=O.NC(=O)C1CC1. The van der Waals surface area contributed by atoms with Gasteiger partial charge in [-0.05, 0) is 73.4 Å². The minimum absolute atomic E-state index is 0.0797. The van der Waals surface area contributed by atoms with Gasteiger partial charge in [-0.15, -0.1) is 0 Å². The summed E-state index contributed by atoms with van der Waals surface area (Å²) >= 11 is 6.45. The minimum atomic E-state index is -0.287. The van der Waals surface area contributed by atoms with E-state index in [1.54, 1.807) is 23.0 Å². The number of nitrogens with two attached hydrogens (primary N) is 1. The third-order valence-electron chi connectivity index (χ3n) is 6.69. The van der Waals surface area contributed by atoms with Crippen molar-refractivity contribution in [2.45, 2.75) is 32.2 Å². The van der Waals surface area contributed by atoms with Crippen molar-refractivity contribution in [2.24, 2.45) is 17.6 Å². The Morgan fingerprint density at radius 3 is 2.39 bits per heavy atom. The van der Waals surface area contributed by atoms with Crippen LogP contribution in [0.2, 0.25) is 5.02 Å². The molecule has 36 heavy (non-hydrogen) atoms. The first-order valence-electron chi connectivity index (χ1n) is 11.9. The molecular formula is C28H26ClFN4O2. The van der Waals surface area contributed by atoms with E-state index in [9.17, 15) is 14.0 Å². The van der Waals surface area contributed by atoms with Crippen LogP contribution in [0.4, 0.5) is 10.1 Å².